The van der Waals surface area contributed by atoms with E-state index in [0.29, 0.717) is 0 Å². The zero-order chi connectivity index (χ0) is 14.5. The van der Waals surface area contributed by atoms with Crippen LogP contribution in [0.2, 0.25) is 0 Å². The number of aromatic nitrogens is 1. The van der Waals surface area contributed by atoms with Crippen LogP contribution in [0.4, 0.5) is 0 Å². The number of pyridine rings is 1. The van der Waals surface area contributed by atoms with E-state index >= 15 is 0 Å². The van der Waals surface area contributed by atoms with Crippen molar-refractivity contribution in [2.45, 2.75) is 38.3 Å². The summed E-state index contributed by atoms with van der Waals surface area (Å²) in [6.07, 6.45) is 5.61. The van der Waals surface area contributed by atoms with Gasteiger partial charge in [0.15, 0.2) is 0 Å². The molecule has 1 aromatic heterocycles. The second kappa shape index (κ2) is 7.04. The van der Waals surface area contributed by atoms with Crippen molar-refractivity contribution in [3.05, 3.63) is 33.2 Å². The Labute approximate surface area is 126 Å². The maximum absolute atomic E-state index is 12.0. The Hall–Kier alpha value is -1.14. The van der Waals surface area contributed by atoms with Gasteiger partial charge in [0.2, 0.25) is 5.91 Å². The summed E-state index contributed by atoms with van der Waals surface area (Å²) in [4.78, 5) is 23.7. The summed E-state index contributed by atoms with van der Waals surface area (Å²) in [6, 6.07) is 3.10. The zero-order valence-electron chi connectivity index (χ0n) is 11.2. The van der Waals surface area contributed by atoms with Crippen LogP contribution in [-0.2, 0) is 11.3 Å². The van der Waals surface area contributed by atoms with Gasteiger partial charge in [-0.25, -0.2) is 0 Å². The fourth-order valence-electron chi connectivity index (χ4n) is 2.65. The van der Waals surface area contributed by atoms with Crippen LogP contribution in [-0.4, -0.2) is 28.2 Å². The smallest absolute Gasteiger partial charge is 0.251 e. The van der Waals surface area contributed by atoms with Crippen LogP contribution in [0.25, 0.3) is 0 Å². The highest BCUT2D eigenvalue weighted by Gasteiger charge is 2.25. The molecule has 1 aliphatic carbocycles. The SMILES string of the molecule is O=C(Cn1cc(Br)ccc1=O)NC1CCCCC1CO. The molecule has 1 amide bonds. The van der Waals surface area contributed by atoms with E-state index in [1.807, 2.05) is 0 Å². The van der Waals surface area contributed by atoms with Crippen LogP contribution in [0.3, 0.4) is 0 Å². The number of aliphatic hydroxyl groups is 1. The summed E-state index contributed by atoms with van der Waals surface area (Å²) in [5, 5.41) is 12.3. The van der Waals surface area contributed by atoms with Crippen molar-refractivity contribution in [3.8, 4) is 0 Å². The Morgan fingerprint density at radius 1 is 1.40 bits per heavy atom. The molecule has 1 heterocycles. The number of aliphatic hydroxyl groups excluding tert-OH is 1. The summed E-state index contributed by atoms with van der Waals surface area (Å²) >= 11 is 3.28. The van der Waals surface area contributed by atoms with Crippen molar-refractivity contribution >= 4 is 21.8 Å². The van der Waals surface area contributed by atoms with Crippen molar-refractivity contribution in [1.29, 1.82) is 0 Å². The lowest BCUT2D eigenvalue weighted by Gasteiger charge is -2.30. The minimum Gasteiger partial charge on any atom is -0.396 e. The molecule has 1 saturated carbocycles. The van der Waals surface area contributed by atoms with Gasteiger partial charge in [0.1, 0.15) is 6.54 Å². The van der Waals surface area contributed by atoms with Gasteiger partial charge in [0.25, 0.3) is 5.56 Å². The van der Waals surface area contributed by atoms with E-state index in [1.54, 1.807) is 12.3 Å². The highest BCUT2D eigenvalue weighted by molar-refractivity contribution is 9.10. The number of halogens is 1. The van der Waals surface area contributed by atoms with Gasteiger partial charge in [0.05, 0.1) is 0 Å². The van der Waals surface area contributed by atoms with Gasteiger partial charge in [0, 0.05) is 35.3 Å². The van der Waals surface area contributed by atoms with E-state index in [4.69, 9.17) is 0 Å². The molecule has 2 unspecified atom stereocenters. The first-order valence-electron chi connectivity index (χ1n) is 6.86. The number of carbonyl (C=O) groups excluding carboxylic acids is 1. The van der Waals surface area contributed by atoms with Gasteiger partial charge in [-0.2, -0.15) is 0 Å². The molecule has 5 nitrogen and oxygen atoms in total. The molecule has 1 aromatic rings. The van der Waals surface area contributed by atoms with Crippen molar-refractivity contribution < 1.29 is 9.90 Å². The fourth-order valence-corrected chi connectivity index (χ4v) is 3.03. The number of carbonyl (C=O) groups is 1. The monoisotopic (exact) mass is 342 g/mol. The maximum atomic E-state index is 12.0. The van der Waals surface area contributed by atoms with Crippen LogP contribution in [0.1, 0.15) is 25.7 Å². The predicted molar refractivity (Wildman–Crippen MR) is 79.4 cm³/mol. The van der Waals surface area contributed by atoms with Crippen LogP contribution in [0.15, 0.2) is 27.6 Å². The second-order valence-corrected chi connectivity index (χ2v) is 6.13. The minimum absolute atomic E-state index is 0.00687. The third-order valence-electron chi connectivity index (χ3n) is 3.75. The maximum Gasteiger partial charge on any atom is 0.251 e. The molecule has 1 aliphatic rings. The molecule has 0 spiro atoms. The average molecular weight is 343 g/mol. The molecule has 0 saturated heterocycles. The van der Waals surface area contributed by atoms with Crippen LogP contribution in [0.5, 0.6) is 0 Å². The first-order chi connectivity index (χ1) is 9.60. The number of hydrogen-bond acceptors (Lipinski definition) is 3. The Morgan fingerprint density at radius 3 is 2.90 bits per heavy atom. The van der Waals surface area contributed by atoms with Crippen LogP contribution < -0.4 is 10.9 Å². The quantitative estimate of drug-likeness (QED) is 0.865. The molecule has 0 aliphatic heterocycles. The molecular weight excluding hydrogens is 324 g/mol. The fraction of sp³-hybridized carbons (Fsp3) is 0.571. The van der Waals surface area contributed by atoms with E-state index in [9.17, 15) is 14.7 Å². The van der Waals surface area contributed by atoms with E-state index in [2.05, 4.69) is 21.2 Å². The Balaban J connectivity index is 1.98. The third kappa shape index (κ3) is 3.93. The largest absolute Gasteiger partial charge is 0.396 e. The molecule has 20 heavy (non-hydrogen) atoms. The second-order valence-electron chi connectivity index (χ2n) is 5.21. The minimum atomic E-state index is -0.203. The van der Waals surface area contributed by atoms with Gasteiger partial charge in [-0.15, -0.1) is 0 Å². The summed E-state index contributed by atoms with van der Waals surface area (Å²) in [7, 11) is 0. The van der Waals surface area contributed by atoms with E-state index in [1.165, 1.54) is 10.6 Å². The molecule has 2 rings (SSSR count). The number of nitrogens with one attached hydrogen (secondary N) is 1. The average Bonchev–Trinajstić information content (AvgIpc) is 2.43. The highest BCUT2D eigenvalue weighted by atomic mass is 79.9. The molecule has 110 valence electrons. The summed E-state index contributed by atoms with van der Waals surface area (Å²) in [5.74, 6) is -0.0533. The summed E-state index contributed by atoms with van der Waals surface area (Å²) < 4.78 is 2.13. The Bertz CT molecular complexity index is 529. The van der Waals surface area contributed by atoms with Crippen molar-refractivity contribution in [2.24, 2.45) is 5.92 Å². The topological polar surface area (TPSA) is 71.3 Å². The lowest BCUT2D eigenvalue weighted by molar-refractivity contribution is -0.123. The van der Waals surface area contributed by atoms with E-state index in [0.717, 1.165) is 30.2 Å². The number of amides is 1. The Morgan fingerprint density at radius 2 is 2.15 bits per heavy atom. The first kappa shape index (κ1) is 15.3. The van der Waals surface area contributed by atoms with Crippen molar-refractivity contribution in [1.82, 2.24) is 9.88 Å². The van der Waals surface area contributed by atoms with Gasteiger partial charge < -0.3 is 15.0 Å². The lowest BCUT2D eigenvalue weighted by Crippen LogP contribution is -2.45. The molecule has 6 heteroatoms. The van der Waals surface area contributed by atoms with Gasteiger partial charge in [-0.3, -0.25) is 9.59 Å². The summed E-state index contributed by atoms with van der Waals surface area (Å²) in [6.45, 7) is 0.106. The Kier molecular flexibility index (Phi) is 5.37. The van der Waals surface area contributed by atoms with Gasteiger partial charge in [-0.05, 0) is 34.8 Å². The zero-order valence-corrected chi connectivity index (χ0v) is 12.8. The molecule has 0 radical (unpaired) electrons. The first-order valence-corrected chi connectivity index (χ1v) is 7.65. The highest BCUT2D eigenvalue weighted by Crippen LogP contribution is 2.23. The molecule has 2 N–H and O–H groups in total. The van der Waals surface area contributed by atoms with Crippen molar-refractivity contribution in [2.75, 3.05) is 6.61 Å². The van der Waals surface area contributed by atoms with E-state index < -0.39 is 0 Å². The number of rotatable bonds is 4. The van der Waals surface area contributed by atoms with Crippen molar-refractivity contribution in [3.63, 3.8) is 0 Å². The molecule has 2 atom stereocenters. The predicted octanol–water partition coefficient (Wildman–Crippen LogP) is 1.28. The number of nitrogens with zero attached hydrogens (tertiary/aromatic N) is 1. The molecule has 0 aromatic carbocycles. The third-order valence-corrected chi connectivity index (χ3v) is 4.22. The van der Waals surface area contributed by atoms with Crippen LogP contribution >= 0.6 is 15.9 Å². The standard InChI is InChI=1S/C14H19BrN2O3/c15-11-5-6-14(20)17(7-11)8-13(19)16-12-4-2-1-3-10(12)9-18/h5-7,10,12,18H,1-4,8-9H2,(H,16,19). The molecule has 0 bridgehead atoms. The van der Waals surface area contributed by atoms with E-state index in [-0.39, 0.29) is 36.6 Å². The molecular formula is C14H19BrN2O3. The van der Waals surface area contributed by atoms with Gasteiger partial charge in [-0.1, -0.05) is 12.8 Å². The normalized spacial score (nSPS) is 22.5. The number of hydrogen-bond donors (Lipinski definition) is 2. The summed E-state index contributed by atoms with van der Waals surface area (Å²) in [5.41, 5.74) is -0.203. The van der Waals surface area contributed by atoms with Crippen LogP contribution in [0, 0.1) is 5.92 Å². The molecule has 1 fully saturated rings. The van der Waals surface area contributed by atoms with Gasteiger partial charge >= 0.3 is 0 Å². The lowest BCUT2D eigenvalue weighted by atomic mass is 9.85.